The fourth-order valence-corrected chi connectivity index (χ4v) is 0.941. The highest BCUT2D eigenvalue weighted by atomic mass is 16.7. The number of hydrogen-bond donors (Lipinski definition) is 0. The molecule has 1 saturated heterocycles. The van der Waals surface area contributed by atoms with Crippen LogP contribution in [-0.4, -0.2) is 60.9 Å². The fraction of sp³-hybridized carbons (Fsp3) is 0.556. The Morgan fingerprint density at radius 3 is 2.76 bits per heavy atom. The summed E-state index contributed by atoms with van der Waals surface area (Å²) in [5.41, 5.74) is 0. The van der Waals surface area contributed by atoms with Gasteiger partial charge < -0.3 is 9.64 Å². The van der Waals surface area contributed by atoms with Gasteiger partial charge in [0.2, 0.25) is 5.91 Å². The number of amides is 3. The van der Waals surface area contributed by atoms with Gasteiger partial charge >= 0.3 is 17.9 Å². The molecule has 0 saturated carbocycles. The number of carbonyl (C=O) groups excluding carboxylic acids is 3. The lowest BCUT2D eigenvalue weighted by Gasteiger charge is -2.22. The summed E-state index contributed by atoms with van der Waals surface area (Å²) in [5, 5.41) is 3.28. The van der Waals surface area contributed by atoms with E-state index < -0.39 is 17.9 Å². The second kappa shape index (κ2) is 5.28. The van der Waals surface area contributed by atoms with Gasteiger partial charge in [-0.05, 0) is 5.16 Å². The molecule has 17 heavy (non-hydrogen) atoms. The molecular weight excluding hydrogens is 230 g/mol. The van der Waals surface area contributed by atoms with E-state index in [0.29, 0.717) is 6.54 Å². The second-order valence-electron chi connectivity index (χ2n) is 3.41. The first-order chi connectivity index (χ1) is 7.93. The molecule has 0 radical (unpaired) electrons. The van der Waals surface area contributed by atoms with Gasteiger partial charge in [0.1, 0.15) is 6.61 Å². The van der Waals surface area contributed by atoms with Crippen LogP contribution in [0.15, 0.2) is 5.16 Å². The average molecular weight is 243 g/mol. The van der Waals surface area contributed by atoms with Crippen LogP contribution in [0.2, 0.25) is 0 Å². The summed E-state index contributed by atoms with van der Waals surface area (Å²) in [6.45, 7) is 1.92. The van der Waals surface area contributed by atoms with Gasteiger partial charge in [-0.15, -0.1) is 0 Å². The van der Waals surface area contributed by atoms with Crippen molar-refractivity contribution in [1.29, 1.82) is 0 Å². The summed E-state index contributed by atoms with van der Waals surface area (Å²) in [6.07, 6.45) is -0.977. The highest BCUT2D eigenvalue weighted by Gasteiger charge is 2.25. The van der Waals surface area contributed by atoms with Gasteiger partial charge in [-0.3, -0.25) is 14.4 Å². The minimum absolute atomic E-state index is 0.279. The zero-order valence-electron chi connectivity index (χ0n) is 9.80. The molecule has 0 atom stereocenters. The molecule has 3 amide bonds. The molecular formula is C9H13N3O5. The number of likely N-dealkylation sites (N-methyl/N-ethyl adjacent to an activating group) is 1. The van der Waals surface area contributed by atoms with Crippen molar-refractivity contribution in [2.24, 2.45) is 5.16 Å². The minimum Gasteiger partial charge on any atom is -0.470 e. The molecule has 1 aliphatic rings. The van der Waals surface area contributed by atoms with Gasteiger partial charge in [0.25, 0.3) is 0 Å². The fourth-order valence-electron chi connectivity index (χ4n) is 0.941. The number of oxime groups is 1. The molecule has 1 fully saturated rings. The van der Waals surface area contributed by atoms with Crippen molar-refractivity contribution in [3.05, 3.63) is 0 Å². The van der Waals surface area contributed by atoms with E-state index in [1.165, 1.54) is 18.9 Å². The standard InChI is InChI=1S/C9H13N3O5/c1-6(13)12(3)9(15)17-10-7-8(14)11(2)4-5-16-7/h4-5H2,1-3H3. The van der Waals surface area contributed by atoms with E-state index in [-0.39, 0.29) is 12.5 Å². The quantitative estimate of drug-likeness (QED) is 0.453. The van der Waals surface area contributed by atoms with Crippen LogP contribution < -0.4 is 0 Å². The molecule has 0 aromatic rings. The maximum atomic E-state index is 11.4. The maximum Gasteiger partial charge on any atom is 0.442 e. The molecule has 0 aromatic heterocycles. The number of hydrogen-bond acceptors (Lipinski definition) is 6. The Bertz CT molecular complexity index is 379. The van der Waals surface area contributed by atoms with Crippen LogP contribution in [0.5, 0.6) is 0 Å². The average Bonchev–Trinajstić information content (AvgIpc) is 2.29. The summed E-state index contributed by atoms with van der Waals surface area (Å²) >= 11 is 0. The van der Waals surface area contributed by atoms with E-state index in [9.17, 15) is 14.4 Å². The summed E-state index contributed by atoms with van der Waals surface area (Å²) < 4.78 is 4.93. The van der Waals surface area contributed by atoms with Gasteiger partial charge in [-0.25, -0.2) is 9.69 Å². The normalized spacial score (nSPS) is 17.7. The molecule has 0 N–H and O–H groups in total. The molecule has 0 bridgehead atoms. The van der Waals surface area contributed by atoms with Crippen LogP contribution in [0.4, 0.5) is 4.79 Å². The number of carbonyl (C=O) groups is 3. The van der Waals surface area contributed by atoms with Gasteiger partial charge in [0.15, 0.2) is 0 Å². The number of nitrogens with zero attached hydrogens (tertiary/aromatic N) is 3. The second-order valence-corrected chi connectivity index (χ2v) is 3.41. The van der Waals surface area contributed by atoms with Crippen molar-refractivity contribution in [3.8, 4) is 0 Å². The van der Waals surface area contributed by atoms with E-state index in [2.05, 4.69) is 9.99 Å². The Kier molecular flexibility index (Phi) is 4.02. The highest BCUT2D eigenvalue weighted by molar-refractivity contribution is 6.35. The summed E-state index contributed by atoms with van der Waals surface area (Å²) in [6, 6.07) is 0. The maximum absolute atomic E-state index is 11.4. The Labute approximate surface area is 97.7 Å². The molecule has 0 unspecified atom stereocenters. The monoisotopic (exact) mass is 243 g/mol. The number of rotatable bonds is 1. The lowest BCUT2D eigenvalue weighted by molar-refractivity contribution is -0.127. The molecule has 1 heterocycles. The molecule has 0 aliphatic carbocycles. The molecule has 0 spiro atoms. The molecule has 94 valence electrons. The lowest BCUT2D eigenvalue weighted by atomic mass is 10.4. The summed E-state index contributed by atoms with van der Waals surface area (Å²) in [7, 11) is 2.81. The van der Waals surface area contributed by atoms with Crippen molar-refractivity contribution >= 4 is 23.8 Å². The topological polar surface area (TPSA) is 88.5 Å². The van der Waals surface area contributed by atoms with Crippen molar-refractivity contribution in [3.63, 3.8) is 0 Å². The van der Waals surface area contributed by atoms with Gasteiger partial charge in [0, 0.05) is 21.0 Å². The van der Waals surface area contributed by atoms with Crippen LogP contribution in [-0.2, 0) is 19.2 Å². The first-order valence-corrected chi connectivity index (χ1v) is 4.85. The predicted molar refractivity (Wildman–Crippen MR) is 55.9 cm³/mol. The first kappa shape index (κ1) is 12.9. The summed E-state index contributed by atoms with van der Waals surface area (Å²) in [5.74, 6) is -1.28. The van der Waals surface area contributed by atoms with Gasteiger partial charge in [0.05, 0.1) is 6.54 Å². The zero-order valence-corrected chi connectivity index (χ0v) is 9.80. The van der Waals surface area contributed by atoms with E-state index in [1.807, 2.05) is 0 Å². The Balaban J connectivity index is 2.61. The van der Waals surface area contributed by atoms with Gasteiger partial charge in [-0.2, -0.15) is 0 Å². The van der Waals surface area contributed by atoms with E-state index in [4.69, 9.17) is 4.74 Å². The number of ether oxygens (including phenoxy) is 1. The first-order valence-electron chi connectivity index (χ1n) is 4.85. The third kappa shape index (κ3) is 3.16. The molecule has 8 heteroatoms. The number of imide groups is 1. The smallest absolute Gasteiger partial charge is 0.442 e. The summed E-state index contributed by atoms with van der Waals surface area (Å²) in [4.78, 5) is 40.0. The third-order valence-corrected chi connectivity index (χ3v) is 2.15. The Hall–Kier alpha value is -2.12. The molecule has 1 rings (SSSR count). The number of morpholine rings is 1. The molecule has 1 aliphatic heterocycles. The third-order valence-electron chi connectivity index (χ3n) is 2.15. The SMILES string of the molecule is CC(=O)N(C)C(=O)ON=C1OCCN(C)C1=O. The van der Waals surface area contributed by atoms with Crippen LogP contribution in [0.1, 0.15) is 6.92 Å². The van der Waals surface area contributed by atoms with Crippen molar-refractivity contribution < 1.29 is 24.0 Å². The lowest BCUT2D eigenvalue weighted by Crippen LogP contribution is -2.43. The Morgan fingerprint density at radius 1 is 1.53 bits per heavy atom. The predicted octanol–water partition coefficient (Wildman–Crippen LogP) is -0.597. The van der Waals surface area contributed by atoms with E-state index in [1.54, 1.807) is 7.05 Å². The highest BCUT2D eigenvalue weighted by Crippen LogP contribution is 2.01. The van der Waals surface area contributed by atoms with Crippen LogP contribution in [0.3, 0.4) is 0 Å². The van der Waals surface area contributed by atoms with Crippen LogP contribution >= 0.6 is 0 Å². The van der Waals surface area contributed by atoms with Gasteiger partial charge in [-0.1, -0.05) is 0 Å². The molecule has 0 aromatic carbocycles. The van der Waals surface area contributed by atoms with Crippen LogP contribution in [0.25, 0.3) is 0 Å². The largest absolute Gasteiger partial charge is 0.470 e. The van der Waals surface area contributed by atoms with Crippen molar-refractivity contribution in [2.75, 3.05) is 27.2 Å². The van der Waals surface area contributed by atoms with E-state index >= 15 is 0 Å². The van der Waals surface area contributed by atoms with Crippen molar-refractivity contribution in [2.45, 2.75) is 6.92 Å². The molecule has 8 nitrogen and oxygen atoms in total. The zero-order chi connectivity index (χ0) is 13.0. The van der Waals surface area contributed by atoms with Crippen molar-refractivity contribution in [1.82, 2.24) is 9.80 Å². The van der Waals surface area contributed by atoms with E-state index in [0.717, 1.165) is 4.90 Å². The van der Waals surface area contributed by atoms with Crippen LogP contribution in [0, 0.1) is 0 Å². The Morgan fingerprint density at radius 2 is 2.18 bits per heavy atom. The minimum atomic E-state index is -0.977.